The van der Waals surface area contributed by atoms with Crippen molar-refractivity contribution in [2.75, 3.05) is 5.32 Å². The third-order valence-electron chi connectivity index (χ3n) is 2.99. The lowest BCUT2D eigenvalue weighted by Crippen LogP contribution is -2.13. The van der Waals surface area contributed by atoms with Crippen LogP contribution in [0, 0.1) is 0 Å². The van der Waals surface area contributed by atoms with E-state index < -0.39 is 17.6 Å². The van der Waals surface area contributed by atoms with E-state index in [1.54, 1.807) is 13.0 Å². The van der Waals surface area contributed by atoms with E-state index in [1.165, 1.54) is 12.1 Å². The molecule has 2 aromatic carbocycles. The van der Waals surface area contributed by atoms with Gasteiger partial charge in [0.15, 0.2) is 0 Å². The third kappa shape index (κ3) is 4.22. The molecule has 0 heterocycles. The molecule has 5 heteroatoms. The van der Waals surface area contributed by atoms with E-state index >= 15 is 0 Å². The van der Waals surface area contributed by atoms with Gasteiger partial charge in [-0.3, -0.25) is 4.79 Å². The zero-order chi connectivity index (χ0) is 16.2. The summed E-state index contributed by atoms with van der Waals surface area (Å²) in [5, 5.41) is 2.47. The van der Waals surface area contributed by atoms with Crippen LogP contribution in [-0.4, -0.2) is 5.91 Å². The summed E-state index contributed by atoms with van der Waals surface area (Å²) >= 11 is 0. The number of benzene rings is 2. The summed E-state index contributed by atoms with van der Waals surface area (Å²) in [5.41, 5.74) is 0.568. The van der Waals surface area contributed by atoms with Crippen LogP contribution in [0.15, 0.2) is 60.2 Å². The van der Waals surface area contributed by atoms with Crippen LogP contribution in [0.1, 0.15) is 18.1 Å². The van der Waals surface area contributed by atoms with E-state index in [4.69, 9.17) is 0 Å². The summed E-state index contributed by atoms with van der Waals surface area (Å²) < 4.78 is 37.9. The molecule has 2 rings (SSSR count). The molecule has 0 spiro atoms. The van der Waals surface area contributed by atoms with E-state index in [2.05, 4.69) is 5.32 Å². The SMILES string of the molecule is C/C(=C\c1ccccc1)C(=O)Nc1cccc(C(F)(F)F)c1. The molecule has 2 aromatic rings. The molecule has 2 nitrogen and oxygen atoms in total. The lowest BCUT2D eigenvalue weighted by Gasteiger charge is -2.10. The molecule has 0 aliphatic rings. The van der Waals surface area contributed by atoms with Gasteiger partial charge in [-0.25, -0.2) is 0 Å². The predicted octanol–water partition coefficient (Wildman–Crippen LogP) is 4.75. The second-order valence-electron chi connectivity index (χ2n) is 4.77. The number of nitrogens with one attached hydrogen (secondary N) is 1. The van der Waals surface area contributed by atoms with Gasteiger partial charge in [0.2, 0.25) is 0 Å². The first-order valence-electron chi connectivity index (χ1n) is 6.58. The molecular formula is C17H14F3NO. The molecule has 0 saturated heterocycles. The molecule has 22 heavy (non-hydrogen) atoms. The van der Waals surface area contributed by atoms with Gasteiger partial charge in [0.25, 0.3) is 5.91 Å². The molecule has 0 saturated carbocycles. The highest BCUT2D eigenvalue weighted by Gasteiger charge is 2.30. The fourth-order valence-corrected chi connectivity index (χ4v) is 1.87. The summed E-state index contributed by atoms with van der Waals surface area (Å²) in [6.07, 6.45) is -2.77. The van der Waals surface area contributed by atoms with Crippen molar-refractivity contribution in [3.05, 3.63) is 71.3 Å². The molecule has 1 amide bonds. The number of carbonyl (C=O) groups excluding carboxylic acids is 1. The Hall–Kier alpha value is -2.56. The number of halogens is 3. The van der Waals surface area contributed by atoms with Gasteiger partial charge >= 0.3 is 6.18 Å². The van der Waals surface area contributed by atoms with E-state index in [9.17, 15) is 18.0 Å². The molecule has 0 bridgehead atoms. The van der Waals surface area contributed by atoms with Gasteiger partial charge in [-0.15, -0.1) is 0 Å². The van der Waals surface area contributed by atoms with Crippen molar-refractivity contribution in [3.63, 3.8) is 0 Å². The van der Waals surface area contributed by atoms with Crippen LogP contribution in [0.5, 0.6) is 0 Å². The van der Waals surface area contributed by atoms with E-state index in [0.717, 1.165) is 17.7 Å². The Labute approximate surface area is 126 Å². The lowest BCUT2D eigenvalue weighted by molar-refractivity contribution is -0.137. The first-order valence-corrected chi connectivity index (χ1v) is 6.58. The molecular weight excluding hydrogens is 291 g/mol. The first kappa shape index (κ1) is 15.8. The fourth-order valence-electron chi connectivity index (χ4n) is 1.87. The molecule has 0 unspecified atom stereocenters. The first-order chi connectivity index (χ1) is 10.4. The summed E-state index contributed by atoms with van der Waals surface area (Å²) in [7, 11) is 0. The highest BCUT2D eigenvalue weighted by atomic mass is 19.4. The number of anilines is 1. The standard InChI is InChI=1S/C17H14F3NO/c1-12(10-13-6-3-2-4-7-13)16(22)21-15-9-5-8-14(11-15)17(18,19)20/h2-11H,1H3,(H,21,22)/b12-10+. The minimum Gasteiger partial charge on any atom is -0.322 e. The van der Waals surface area contributed by atoms with E-state index in [1.807, 2.05) is 30.3 Å². The summed E-state index contributed by atoms with van der Waals surface area (Å²) in [6.45, 7) is 1.61. The zero-order valence-electron chi connectivity index (χ0n) is 11.8. The number of hydrogen-bond donors (Lipinski definition) is 1. The Bertz CT molecular complexity index is 691. The quantitative estimate of drug-likeness (QED) is 0.815. The maximum absolute atomic E-state index is 12.6. The van der Waals surface area contributed by atoms with Crippen molar-refractivity contribution in [1.29, 1.82) is 0 Å². The van der Waals surface area contributed by atoms with Crippen LogP contribution in [0.2, 0.25) is 0 Å². The van der Waals surface area contributed by atoms with Crippen LogP contribution >= 0.6 is 0 Å². The Morgan fingerprint density at radius 2 is 1.73 bits per heavy atom. The Morgan fingerprint density at radius 3 is 2.36 bits per heavy atom. The largest absolute Gasteiger partial charge is 0.416 e. The molecule has 0 aliphatic carbocycles. The summed E-state index contributed by atoms with van der Waals surface area (Å²) in [5.74, 6) is -0.442. The highest BCUT2D eigenvalue weighted by Crippen LogP contribution is 2.30. The van der Waals surface area contributed by atoms with Crippen molar-refractivity contribution in [3.8, 4) is 0 Å². The van der Waals surface area contributed by atoms with Crippen LogP contribution < -0.4 is 5.32 Å². The van der Waals surface area contributed by atoms with Crippen LogP contribution in [0.3, 0.4) is 0 Å². The summed E-state index contributed by atoms with van der Waals surface area (Å²) in [6, 6.07) is 13.7. The van der Waals surface area contributed by atoms with Crippen LogP contribution in [0.25, 0.3) is 6.08 Å². The molecule has 0 radical (unpaired) electrons. The minimum atomic E-state index is -4.43. The van der Waals surface area contributed by atoms with Gasteiger partial charge in [-0.05, 0) is 36.8 Å². The van der Waals surface area contributed by atoms with Crippen molar-refractivity contribution >= 4 is 17.7 Å². The minimum absolute atomic E-state index is 0.112. The Morgan fingerprint density at radius 1 is 1.05 bits per heavy atom. The van der Waals surface area contributed by atoms with E-state index in [-0.39, 0.29) is 5.69 Å². The smallest absolute Gasteiger partial charge is 0.322 e. The van der Waals surface area contributed by atoms with Gasteiger partial charge in [0.1, 0.15) is 0 Å². The Balaban J connectivity index is 2.14. The number of rotatable bonds is 3. The predicted molar refractivity (Wildman–Crippen MR) is 80.2 cm³/mol. The van der Waals surface area contributed by atoms with Crippen molar-refractivity contribution < 1.29 is 18.0 Å². The van der Waals surface area contributed by atoms with Gasteiger partial charge in [0.05, 0.1) is 5.56 Å². The zero-order valence-corrected chi connectivity index (χ0v) is 11.8. The van der Waals surface area contributed by atoms with Crippen molar-refractivity contribution in [1.82, 2.24) is 0 Å². The third-order valence-corrected chi connectivity index (χ3v) is 2.99. The second-order valence-corrected chi connectivity index (χ2v) is 4.77. The highest BCUT2D eigenvalue weighted by molar-refractivity contribution is 6.06. The summed E-state index contributed by atoms with van der Waals surface area (Å²) in [4.78, 5) is 12.0. The number of amides is 1. The maximum Gasteiger partial charge on any atom is 0.416 e. The van der Waals surface area contributed by atoms with Gasteiger partial charge in [0, 0.05) is 11.3 Å². The number of hydrogen-bond acceptors (Lipinski definition) is 1. The molecule has 114 valence electrons. The van der Waals surface area contributed by atoms with Crippen molar-refractivity contribution in [2.45, 2.75) is 13.1 Å². The molecule has 0 fully saturated rings. The molecule has 0 aromatic heterocycles. The number of alkyl halides is 3. The van der Waals surface area contributed by atoms with Gasteiger partial charge in [-0.2, -0.15) is 13.2 Å². The van der Waals surface area contributed by atoms with Crippen molar-refractivity contribution in [2.24, 2.45) is 0 Å². The maximum atomic E-state index is 12.6. The number of carbonyl (C=O) groups is 1. The lowest BCUT2D eigenvalue weighted by atomic mass is 10.1. The molecule has 1 N–H and O–H groups in total. The van der Waals surface area contributed by atoms with Crippen LogP contribution in [0.4, 0.5) is 18.9 Å². The topological polar surface area (TPSA) is 29.1 Å². The average Bonchev–Trinajstić information content (AvgIpc) is 2.47. The van der Waals surface area contributed by atoms with Gasteiger partial charge < -0.3 is 5.32 Å². The normalized spacial score (nSPS) is 12.1. The van der Waals surface area contributed by atoms with Crippen LogP contribution in [-0.2, 0) is 11.0 Å². The van der Waals surface area contributed by atoms with E-state index in [0.29, 0.717) is 5.57 Å². The van der Waals surface area contributed by atoms with Gasteiger partial charge in [-0.1, -0.05) is 36.4 Å². The Kier molecular flexibility index (Phi) is 4.65. The molecule has 0 aliphatic heterocycles. The fraction of sp³-hybridized carbons (Fsp3) is 0.118. The average molecular weight is 305 g/mol. The monoisotopic (exact) mass is 305 g/mol. The molecule has 0 atom stereocenters. The second kappa shape index (κ2) is 6.47.